The minimum absolute atomic E-state index is 0.853. The molecule has 0 saturated carbocycles. The maximum atomic E-state index is 6.58. The van der Waals surface area contributed by atoms with Crippen LogP contribution in [0.2, 0.25) is 0 Å². The topological polar surface area (TPSA) is 18.5 Å². The molecule has 128 valence electrons. The summed E-state index contributed by atoms with van der Waals surface area (Å²) in [7, 11) is -2.31. The van der Waals surface area contributed by atoms with Crippen LogP contribution in [0.4, 0.5) is 0 Å². The van der Waals surface area contributed by atoms with Gasteiger partial charge >= 0.3 is 7.72 Å². The predicted molar refractivity (Wildman–Crippen MR) is 107 cm³/mol. The second kappa shape index (κ2) is 8.69. The molecule has 0 spiro atoms. The molecule has 0 aromatic heterocycles. The van der Waals surface area contributed by atoms with Gasteiger partial charge in [0.15, 0.2) is 16.8 Å². The van der Waals surface area contributed by atoms with Crippen LogP contribution in [0.15, 0.2) is 91.0 Å². The highest BCUT2D eigenvalue weighted by Crippen LogP contribution is 2.59. The molecule has 0 heterocycles. The van der Waals surface area contributed by atoms with Gasteiger partial charge in [0.25, 0.3) is 0 Å². The Labute approximate surface area is 150 Å². The van der Waals surface area contributed by atoms with Gasteiger partial charge in [-0.05, 0) is 42.8 Å². The fraction of sp³-hybridized carbons (Fsp3) is 0.182. The fourth-order valence-corrected chi connectivity index (χ4v) is 5.64. The molecular weight excluding hydrogens is 327 g/mol. The van der Waals surface area contributed by atoms with E-state index in [9.17, 15) is 0 Å². The summed E-state index contributed by atoms with van der Waals surface area (Å²) >= 11 is 0. The summed E-state index contributed by atoms with van der Waals surface area (Å²) in [5.74, 6) is 1.71. The second-order valence-electron chi connectivity index (χ2n) is 5.89. The Morgan fingerprint density at radius 1 is 0.640 bits per heavy atom. The number of para-hydroxylation sites is 2. The molecule has 0 saturated heterocycles. The van der Waals surface area contributed by atoms with Gasteiger partial charge in [0, 0.05) is 0 Å². The predicted octanol–water partition coefficient (Wildman–Crippen LogP) is 6.12. The molecule has 25 heavy (non-hydrogen) atoms. The molecule has 0 aliphatic rings. The van der Waals surface area contributed by atoms with Gasteiger partial charge in [0.05, 0.1) is 0 Å². The van der Waals surface area contributed by atoms with E-state index in [0.29, 0.717) is 0 Å². The quantitative estimate of drug-likeness (QED) is 0.455. The molecule has 3 aromatic rings. The van der Waals surface area contributed by atoms with Crippen molar-refractivity contribution in [3.63, 3.8) is 0 Å². The maximum absolute atomic E-state index is 6.58. The lowest BCUT2D eigenvalue weighted by molar-refractivity contribution is 0.470. The lowest BCUT2D eigenvalue weighted by Gasteiger charge is -2.24. The van der Waals surface area contributed by atoms with E-state index >= 15 is 0 Å². The molecule has 0 fully saturated rings. The zero-order valence-corrected chi connectivity index (χ0v) is 15.4. The maximum Gasteiger partial charge on any atom is 0.396 e. The Hall–Kier alpha value is -2.31. The summed E-state index contributed by atoms with van der Waals surface area (Å²) in [6.07, 6.45) is 3.05. The number of benzene rings is 3. The highest BCUT2D eigenvalue weighted by Gasteiger charge is 2.47. The van der Waals surface area contributed by atoms with Gasteiger partial charge in [-0.3, -0.25) is 0 Å². The van der Waals surface area contributed by atoms with Crippen LogP contribution < -0.4 is 14.4 Å². The van der Waals surface area contributed by atoms with Crippen molar-refractivity contribution in [1.29, 1.82) is 0 Å². The first kappa shape index (κ1) is 17.5. The molecule has 0 bridgehead atoms. The third kappa shape index (κ3) is 4.61. The summed E-state index contributed by atoms with van der Waals surface area (Å²) in [4.78, 5) is 0. The summed E-state index contributed by atoms with van der Waals surface area (Å²) in [6, 6.07) is 30.4. The van der Waals surface area contributed by atoms with Crippen LogP contribution in [0.3, 0.4) is 0 Å². The molecule has 3 aromatic carbocycles. The average molecular weight is 351 g/mol. The van der Waals surface area contributed by atoms with Gasteiger partial charge in [0.1, 0.15) is 6.16 Å². The smallest absolute Gasteiger partial charge is 0.304 e. The van der Waals surface area contributed by atoms with Crippen molar-refractivity contribution in [2.24, 2.45) is 0 Å². The lowest BCUT2D eigenvalue weighted by Crippen LogP contribution is -2.24. The largest absolute Gasteiger partial charge is 0.396 e. The monoisotopic (exact) mass is 351 g/mol. The normalized spacial score (nSPS) is 11.1. The summed E-state index contributed by atoms with van der Waals surface area (Å²) < 4.78 is 13.2. The number of hydrogen-bond donors (Lipinski definition) is 0. The number of unbranched alkanes of at least 4 members (excludes halogenated alkanes) is 1. The Morgan fingerprint density at radius 2 is 1.08 bits per heavy atom. The van der Waals surface area contributed by atoms with Crippen LogP contribution in [0.5, 0.6) is 11.5 Å². The Bertz CT molecular complexity index is 703. The molecule has 0 aliphatic carbocycles. The van der Waals surface area contributed by atoms with Crippen LogP contribution >= 0.6 is 7.72 Å². The first-order valence-corrected chi connectivity index (χ1v) is 10.6. The van der Waals surface area contributed by atoms with E-state index in [1.807, 2.05) is 66.7 Å². The van der Waals surface area contributed by atoms with E-state index in [-0.39, 0.29) is 0 Å². The SMILES string of the molecule is CCCC[P+](Oc1ccccc1)(Oc1ccccc1)c1ccccc1. The molecule has 3 rings (SSSR count). The molecule has 0 radical (unpaired) electrons. The first-order valence-electron chi connectivity index (χ1n) is 8.75. The van der Waals surface area contributed by atoms with Gasteiger partial charge < -0.3 is 9.05 Å². The lowest BCUT2D eigenvalue weighted by atomic mass is 10.3. The highest BCUT2D eigenvalue weighted by molar-refractivity contribution is 7.74. The Kier molecular flexibility index (Phi) is 6.09. The minimum atomic E-state index is -2.31. The molecule has 0 N–H and O–H groups in total. The van der Waals surface area contributed by atoms with Crippen molar-refractivity contribution in [2.45, 2.75) is 19.8 Å². The van der Waals surface area contributed by atoms with Crippen LogP contribution in [0.1, 0.15) is 19.8 Å². The minimum Gasteiger partial charge on any atom is -0.304 e. The Morgan fingerprint density at radius 3 is 1.52 bits per heavy atom. The zero-order valence-electron chi connectivity index (χ0n) is 14.5. The van der Waals surface area contributed by atoms with Crippen molar-refractivity contribution in [3.05, 3.63) is 91.0 Å². The zero-order chi connectivity index (χ0) is 17.4. The first-order chi connectivity index (χ1) is 12.3. The molecule has 0 aliphatic heterocycles. The molecular formula is C22H24O2P+. The van der Waals surface area contributed by atoms with E-state index in [1.54, 1.807) is 0 Å². The molecule has 0 unspecified atom stereocenters. The standard InChI is InChI=1S/C22H24O2P/c1-2-3-19-25(22-17-11-6-12-18-22,23-20-13-7-4-8-14-20)24-21-15-9-5-10-16-21/h4-18H,2-3,19H2,1H3/q+1. The van der Waals surface area contributed by atoms with Crippen LogP contribution in [-0.4, -0.2) is 6.16 Å². The highest BCUT2D eigenvalue weighted by atomic mass is 31.2. The van der Waals surface area contributed by atoms with E-state index < -0.39 is 7.72 Å². The second-order valence-corrected chi connectivity index (χ2v) is 8.57. The van der Waals surface area contributed by atoms with Gasteiger partial charge in [0.2, 0.25) is 0 Å². The summed E-state index contributed by atoms with van der Waals surface area (Å²) in [5.41, 5.74) is 0. The van der Waals surface area contributed by atoms with Gasteiger partial charge in [-0.25, -0.2) is 0 Å². The Balaban J connectivity index is 2.02. The molecule has 2 nitrogen and oxygen atoms in total. The third-order valence-corrected chi connectivity index (χ3v) is 6.95. The van der Waals surface area contributed by atoms with E-state index in [2.05, 4.69) is 31.2 Å². The third-order valence-electron chi connectivity index (χ3n) is 3.95. The number of rotatable bonds is 8. The number of hydrogen-bond acceptors (Lipinski definition) is 2. The van der Waals surface area contributed by atoms with Gasteiger partial charge in [-0.15, -0.1) is 0 Å². The van der Waals surface area contributed by atoms with Crippen molar-refractivity contribution in [2.75, 3.05) is 6.16 Å². The molecule has 0 amide bonds. The summed E-state index contributed by atoms with van der Waals surface area (Å²) in [5, 5.41) is 1.14. The van der Waals surface area contributed by atoms with Crippen molar-refractivity contribution >= 4 is 13.0 Å². The van der Waals surface area contributed by atoms with Crippen molar-refractivity contribution in [1.82, 2.24) is 0 Å². The summed E-state index contributed by atoms with van der Waals surface area (Å²) in [6.45, 7) is 2.20. The molecule has 3 heteroatoms. The van der Waals surface area contributed by atoms with Crippen molar-refractivity contribution < 1.29 is 9.05 Å². The van der Waals surface area contributed by atoms with Crippen LogP contribution in [0.25, 0.3) is 0 Å². The average Bonchev–Trinajstić information content (AvgIpc) is 2.68. The van der Waals surface area contributed by atoms with Gasteiger partial charge in [-0.2, -0.15) is 0 Å². The van der Waals surface area contributed by atoms with Crippen molar-refractivity contribution in [3.8, 4) is 11.5 Å². The van der Waals surface area contributed by atoms with Gasteiger partial charge in [-0.1, -0.05) is 67.9 Å². The van der Waals surface area contributed by atoms with E-state index in [0.717, 1.165) is 35.8 Å². The van der Waals surface area contributed by atoms with Crippen LogP contribution in [-0.2, 0) is 0 Å². The van der Waals surface area contributed by atoms with E-state index in [4.69, 9.17) is 9.05 Å². The fourth-order valence-electron chi connectivity index (χ4n) is 2.67. The van der Waals surface area contributed by atoms with Crippen LogP contribution in [0, 0.1) is 0 Å². The van der Waals surface area contributed by atoms with E-state index in [1.165, 1.54) is 0 Å². The molecule has 0 atom stereocenters.